The molecule has 2 atom stereocenters. The van der Waals surface area contributed by atoms with Gasteiger partial charge >= 0.3 is 0 Å². The van der Waals surface area contributed by atoms with Gasteiger partial charge in [-0.1, -0.05) is 29.8 Å². The van der Waals surface area contributed by atoms with E-state index in [1.54, 1.807) is 25.3 Å². The Balaban J connectivity index is 1.94. The third kappa shape index (κ3) is 3.18. The van der Waals surface area contributed by atoms with Crippen LogP contribution in [0.25, 0.3) is 11.0 Å². The highest BCUT2D eigenvalue weighted by Gasteiger charge is 2.50. The predicted molar refractivity (Wildman–Crippen MR) is 123 cm³/mol. The van der Waals surface area contributed by atoms with Crippen molar-refractivity contribution in [1.82, 2.24) is 4.90 Å². The maximum atomic E-state index is 13.1. The lowest BCUT2D eigenvalue weighted by molar-refractivity contribution is 0.177. The maximum Gasteiger partial charge on any atom is 0.196 e. The number of thiol groups is 1. The Labute approximate surface area is 185 Å². The molecular formula is C23H24ClNO4S. The highest BCUT2D eigenvalue weighted by Crippen LogP contribution is 2.51. The van der Waals surface area contributed by atoms with E-state index in [1.165, 1.54) is 7.11 Å². The number of nitrogens with zero attached hydrogens (tertiary/aromatic N) is 1. The van der Waals surface area contributed by atoms with E-state index >= 15 is 0 Å². The van der Waals surface area contributed by atoms with Gasteiger partial charge in [0.1, 0.15) is 28.2 Å². The van der Waals surface area contributed by atoms with Gasteiger partial charge in [-0.05, 0) is 31.6 Å². The van der Waals surface area contributed by atoms with Crippen LogP contribution in [0.15, 0.2) is 51.7 Å². The fraction of sp³-hybridized carbons (Fsp3) is 0.348. The smallest absolute Gasteiger partial charge is 0.196 e. The van der Waals surface area contributed by atoms with Crippen LogP contribution in [-0.2, 0) is 5.54 Å². The molecule has 0 spiro atoms. The number of likely N-dealkylation sites (N-methyl/N-ethyl adjacent to an activating group) is 1. The lowest BCUT2D eigenvalue weighted by Crippen LogP contribution is -2.44. The molecule has 0 radical (unpaired) electrons. The van der Waals surface area contributed by atoms with Crippen LogP contribution in [-0.4, -0.2) is 38.5 Å². The zero-order valence-corrected chi connectivity index (χ0v) is 18.8. The van der Waals surface area contributed by atoms with Gasteiger partial charge in [0, 0.05) is 34.9 Å². The van der Waals surface area contributed by atoms with Crippen molar-refractivity contribution in [2.24, 2.45) is 0 Å². The summed E-state index contributed by atoms with van der Waals surface area (Å²) in [5, 5.41) is 1.08. The molecule has 5 nitrogen and oxygen atoms in total. The van der Waals surface area contributed by atoms with Crippen molar-refractivity contribution in [2.75, 3.05) is 33.6 Å². The van der Waals surface area contributed by atoms with Gasteiger partial charge in [0.2, 0.25) is 0 Å². The van der Waals surface area contributed by atoms with Gasteiger partial charge < -0.3 is 13.9 Å². The van der Waals surface area contributed by atoms with Crippen LogP contribution in [0, 0.1) is 0 Å². The molecule has 0 N–H and O–H groups in total. The minimum atomic E-state index is -0.492. The van der Waals surface area contributed by atoms with Crippen molar-refractivity contribution in [3.8, 4) is 11.5 Å². The first-order valence-electron chi connectivity index (χ1n) is 9.73. The summed E-state index contributed by atoms with van der Waals surface area (Å²) in [7, 11) is 5.15. The summed E-state index contributed by atoms with van der Waals surface area (Å²) in [5.74, 6) is 2.05. The number of fused-ring (bicyclic) bond motifs is 1. The number of rotatable bonds is 5. The molecule has 1 aromatic heterocycles. The lowest BCUT2D eigenvalue weighted by Gasteiger charge is -2.40. The van der Waals surface area contributed by atoms with Gasteiger partial charge in [-0.15, -0.1) is 0 Å². The van der Waals surface area contributed by atoms with E-state index < -0.39 is 5.54 Å². The van der Waals surface area contributed by atoms with Crippen LogP contribution in [0.4, 0.5) is 0 Å². The van der Waals surface area contributed by atoms with Crippen molar-refractivity contribution in [2.45, 2.75) is 17.9 Å². The van der Waals surface area contributed by atoms with Crippen LogP contribution < -0.4 is 14.9 Å². The van der Waals surface area contributed by atoms with E-state index in [1.807, 2.05) is 24.3 Å². The molecule has 2 heterocycles. The maximum absolute atomic E-state index is 13.1. The fourth-order valence-electron chi connectivity index (χ4n) is 4.62. The summed E-state index contributed by atoms with van der Waals surface area (Å²) in [4.78, 5) is 15.3. The Morgan fingerprint density at radius 1 is 1.23 bits per heavy atom. The van der Waals surface area contributed by atoms with E-state index in [-0.39, 0.29) is 11.3 Å². The average Bonchev–Trinajstić information content (AvgIpc) is 3.09. The first kappa shape index (κ1) is 21.1. The molecule has 1 saturated heterocycles. The van der Waals surface area contributed by atoms with Crippen LogP contribution in [0.3, 0.4) is 0 Å². The van der Waals surface area contributed by atoms with Crippen LogP contribution >= 0.6 is 24.2 Å². The second-order valence-corrected chi connectivity index (χ2v) is 8.26. The molecule has 4 rings (SSSR count). The van der Waals surface area contributed by atoms with Gasteiger partial charge in [-0.2, -0.15) is 12.6 Å². The van der Waals surface area contributed by atoms with Crippen LogP contribution in [0.5, 0.6) is 11.5 Å². The highest BCUT2D eigenvalue weighted by molar-refractivity contribution is 7.80. The molecule has 1 fully saturated rings. The minimum absolute atomic E-state index is 0.0887. The lowest BCUT2D eigenvalue weighted by atomic mass is 9.78. The summed E-state index contributed by atoms with van der Waals surface area (Å²) in [5.41, 5.74) is 0.786. The van der Waals surface area contributed by atoms with Gasteiger partial charge in [0.15, 0.2) is 5.43 Å². The van der Waals surface area contributed by atoms with Crippen molar-refractivity contribution in [3.05, 3.63) is 69.0 Å². The number of hydrogen-bond acceptors (Lipinski definition) is 6. The Bertz CT molecular complexity index is 1150. The number of halogens is 1. The molecule has 0 amide bonds. The average molecular weight is 446 g/mol. The highest BCUT2D eigenvalue weighted by atomic mass is 35.5. The SMILES string of the molecule is COc1cc(OC)c2c(=O)cc(C3CCN(C)C3(CS)c3ccccc3Cl)oc2c1. The van der Waals surface area contributed by atoms with Crippen LogP contribution in [0.2, 0.25) is 5.02 Å². The minimum Gasteiger partial charge on any atom is -0.496 e. The topological polar surface area (TPSA) is 51.9 Å². The summed E-state index contributed by atoms with van der Waals surface area (Å²) in [6.45, 7) is 0.833. The van der Waals surface area contributed by atoms with Crippen LogP contribution in [0.1, 0.15) is 23.7 Å². The zero-order valence-electron chi connectivity index (χ0n) is 17.1. The third-order valence-electron chi connectivity index (χ3n) is 6.18. The van der Waals surface area contributed by atoms with E-state index in [0.717, 1.165) is 18.5 Å². The van der Waals surface area contributed by atoms with Gasteiger partial charge in [-0.25, -0.2) is 0 Å². The van der Waals surface area contributed by atoms with Gasteiger partial charge in [0.25, 0.3) is 0 Å². The van der Waals surface area contributed by atoms with E-state index in [9.17, 15) is 4.79 Å². The molecule has 1 aliphatic rings. The molecule has 3 aromatic rings. The van der Waals surface area contributed by atoms with Crippen molar-refractivity contribution >= 4 is 35.2 Å². The Kier molecular flexibility index (Phi) is 5.75. The van der Waals surface area contributed by atoms with Gasteiger partial charge in [-0.3, -0.25) is 9.69 Å². The molecule has 0 aliphatic carbocycles. The Morgan fingerprint density at radius 2 is 2.00 bits per heavy atom. The third-order valence-corrected chi connectivity index (χ3v) is 6.99. The van der Waals surface area contributed by atoms with Gasteiger partial charge in [0.05, 0.1) is 19.8 Å². The van der Waals surface area contributed by atoms with Crippen molar-refractivity contribution in [1.29, 1.82) is 0 Å². The number of hydrogen-bond donors (Lipinski definition) is 1. The number of methoxy groups -OCH3 is 2. The molecule has 7 heteroatoms. The zero-order chi connectivity index (χ0) is 21.5. The summed E-state index contributed by atoms with van der Waals surface area (Å²) in [6, 6.07) is 12.8. The quantitative estimate of drug-likeness (QED) is 0.576. The number of likely N-dealkylation sites (tertiary alicyclic amines) is 1. The normalized spacial score (nSPS) is 21.8. The van der Waals surface area contributed by atoms with Crippen molar-refractivity contribution < 1.29 is 13.9 Å². The monoisotopic (exact) mass is 445 g/mol. The molecule has 2 aromatic carbocycles. The fourth-order valence-corrected chi connectivity index (χ4v) is 5.56. The summed E-state index contributed by atoms with van der Waals surface area (Å²) in [6.07, 6.45) is 0.817. The summed E-state index contributed by atoms with van der Waals surface area (Å²) >= 11 is 11.3. The molecule has 30 heavy (non-hydrogen) atoms. The molecule has 0 bridgehead atoms. The van der Waals surface area contributed by atoms with E-state index in [0.29, 0.717) is 39.0 Å². The number of ether oxygens (including phenoxy) is 2. The molecule has 158 valence electrons. The molecule has 0 saturated carbocycles. The standard InChI is InChI=1S/C23H24ClNO4S/c1-25-9-8-16(23(25,13-30)15-6-4-5-7-17(15)24)19-12-18(26)22-20(28-3)10-14(27-2)11-21(22)29-19/h4-7,10-12,16,30H,8-9,13H2,1-3H3. The van der Waals surface area contributed by atoms with E-state index in [4.69, 9.17) is 38.1 Å². The molecule has 2 unspecified atom stereocenters. The number of benzene rings is 2. The first-order chi connectivity index (χ1) is 14.5. The Morgan fingerprint density at radius 3 is 2.67 bits per heavy atom. The Hall–Kier alpha value is -2.15. The van der Waals surface area contributed by atoms with E-state index in [2.05, 4.69) is 11.9 Å². The predicted octanol–water partition coefficient (Wildman–Crippen LogP) is 4.71. The largest absolute Gasteiger partial charge is 0.496 e. The second-order valence-electron chi connectivity index (χ2n) is 7.54. The second kappa shape index (κ2) is 8.17. The van der Waals surface area contributed by atoms with Crippen molar-refractivity contribution in [3.63, 3.8) is 0 Å². The molecule has 1 aliphatic heterocycles. The molecular weight excluding hydrogens is 422 g/mol. The first-order valence-corrected chi connectivity index (χ1v) is 10.7. The summed E-state index contributed by atoms with van der Waals surface area (Å²) < 4.78 is 17.1.